The second-order valence-corrected chi connectivity index (χ2v) is 12.5. The van der Waals surface area contributed by atoms with Crippen molar-refractivity contribution >= 4 is 34.0 Å². The molecule has 3 heterocycles. The lowest BCUT2D eigenvalue weighted by molar-refractivity contribution is -0.126. The Bertz CT molecular complexity index is 1520. The molecule has 2 aliphatic heterocycles. The number of hydrogen-bond donors (Lipinski definition) is 1. The van der Waals surface area contributed by atoms with Gasteiger partial charge in [0.15, 0.2) is 0 Å². The Morgan fingerprint density at radius 3 is 2.51 bits per heavy atom. The van der Waals surface area contributed by atoms with Crippen molar-refractivity contribution in [1.82, 2.24) is 20.1 Å². The van der Waals surface area contributed by atoms with Crippen LogP contribution in [0.5, 0.6) is 0 Å². The van der Waals surface area contributed by atoms with Crippen LogP contribution in [0.2, 0.25) is 0 Å². The minimum atomic E-state index is -0.0907. The predicted octanol–water partition coefficient (Wildman–Crippen LogP) is 4.54. The molecular formula is C35H44N6O2. The number of rotatable bonds is 6. The molecule has 1 saturated heterocycles. The standard InChI is InChI=1S/C35H44N6O2/c1-5-33(42)40-19-17-39(18-20-40)32-22-29(35(43)36-26-12-8-13-27(21-26)38(3)4)37-30-23-41(16-15-28(30)32)31-14-7-11-25-10-6-9-24(2)34(25)31/h5-7,9-11,14,22,26-27H,1,8,12-13,15-21,23H2,2-4H3,(H,36,43). The van der Waals surface area contributed by atoms with Crippen LogP contribution in [0.15, 0.2) is 55.1 Å². The Balaban J connectivity index is 1.32. The molecule has 0 bridgehead atoms. The van der Waals surface area contributed by atoms with Gasteiger partial charge in [0, 0.05) is 67.1 Å². The van der Waals surface area contributed by atoms with Gasteiger partial charge < -0.3 is 24.9 Å². The largest absolute Gasteiger partial charge is 0.368 e. The summed E-state index contributed by atoms with van der Waals surface area (Å²) in [4.78, 5) is 40.0. The molecule has 1 aliphatic carbocycles. The van der Waals surface area contributed by atoms with E-state index < -0.39 is 0 Å². The summed E-state index contributed by atoms with van der Waals surface area (Å²) >= 11 is 0. The Morgan fingerprint density at radius 2 is 1.77 bits per heavy atom. The number of pyridine rings is 1. The van der Waals surface area contributed by atoms with E-state index in [4.69, 9.17) is 4.98 Å². The van der Waals surface area contributed by atoms with Gasteiger partial charge >= 0.3 is 0 Å². The van der Waals surface area contributed by atoms with E-state index in [1.165, 1.54) is 40.1 Å². The second-order valence-electron chi connectivity index (χ2n) is 12.5. The molecule has 2 aromatic carbocycles. The SMILES string of the molecule is C=CC(=O)N1CCN(c2cc(C(=O)NC3CCCC(N(C)C)C3)nc3c2CCN(c2cccc4cccc(C)c24)C3)CC1. The molecule has 3 aliphatic rings. The molecule has 43 heavy (non-hydrogen) atoms. The Morgan fingerprint density at radius 1 is 1.00 bits per heavy atom. The molecule has 8 heteroatoms. The number of piperazine rings is 1. The number of aromatic nitrogens is 1. The first-order chi connectivity index (χ1) is 20.8. The number of aryl methyl sites for hydroxylation is 1. The van der Waals surface area contributed by atoms with Gasteiger partial charge in [0.1, 0.15) is 5.69 Å². The van der Waals surface area contributed by atoms with Crippen LogP contribution < -0.4 is 15.1 Å². The molecule has 2 unspecified atom stereocenters. The van der Waals surface area contributed by atoms with E-state index in [9.17, 15) is 9.59 Å². The van der Waals surface area contributed by atoms with Crippen molar-refractivity contribution in [3.8, 4) is 0 Å². The van der Waals surface area contributed by atoms with Crippen molar-refractivity contribution in [3.05, 3.63) is 77.6 Å². The minimum Gasteiger partial charge on any atom is -0.368 e. The highest BCUT2D eigenvalue weighted by atomic mass is 16.2. The molecule has 8 nitrogen and oxygen atoms in total. The zero-order chi connectivity index (χ0) is 30.1. The normalized spacial score (nSPS) is 20.7. The van der Waals surface area contributed by atoms with E-state index in [-0.39, 0.29) is 17.9 Å². The van der Waals surface area contributed by atoms with Crippen LogP contribution in [-0.2, 0) is 17.8 Å². The first kappa shape index (κ1) is 29.2. The van der Waals surface area contributed by atoms with Gasteiger partial charge in [0.25, 0.3) is 5.91 Å². The van der Waals surface area contributed by atoms with Crippen molar-refractivity contribution in [1.29, 1.82) is 0 Å². The molecule has 0 spiro atoms. The van der Waals surface area contributed by atoms with Crippen LogP contribution in [0, 0.1) is 6.92 Å². The quantitative estimate of drug-likeness (QED) is 0.432. The lowest BCUT2D eigenvalue weighted by atomic mass is 9.90. The van der Waals surface area contributed by atoms with Crippen molar-refractivity contribution in [2.45, 2.75) is 57.7 Å². The molecular weight excluding hydrogens is 536 g/mol. The van der Waals surface area contributed by atoms with Gasteiger partial charge in [0.2, 0.25) is 5.91 Å². The van der Waals surface area contributed by atoms with Gasteiger partial charge in [-0.15, -0.1) is 0 Å². The van der Waals surface area contributed by atoms with Gasteiger partial charge in [-0.05, 0) is 82.3 Å². The van der Waals surface area contributed by atoms with E-state index in [1.54, 1.807) is 0 Å². The monoisotopic (exact) mass is 580 g/mol. The number of carbonyl (C=O) groups excluding carboxylic acids is 2. The smallest absolute Gasteiger partial charge is 0.270 e. The first-order valence-electron chi connectivity index (χ1n) is 15.7. The van der Waals surface area contributed by atoms with Gasteiger partial charge in [-0.3, -0.25) is 9.59 Å². The number of amides is 2. The summed E-state index contributed by atoms with van der Waals surface area (Å²) in [5.74, 6) is -0.118. The fourth-order valence-corrected chi connectivity index (χ4v) is 7.21. The molecule has 3 aromatic rings. The molecule has 2 fully saturated rings. The molecule has 2 amide bonds. The Labute approximate surface area is 255 Å². The summed E-state index contributed by atoms with van der Waals surface area (Å²) in [6.45, 7) is 10.1. The molecule has 6 rings (SSSR count). The Hall–Kier alpha value is -3.91. The van der Waals surface area contributed by atoms with Crippen LogP contribution in [0.3, 0.4) is 0 Å². The van der Waals surface area contributed by atoms with Crippen LogP contribution >= 0.6 is 0 Å². The third-order valence-corrected chi connectivity index (χ3v) is 9.64. The summed E-state index contributed by atoms with van der Waals surface area (Å²) in [5, 5.41) is 5.85. The van der Waals surface area contributed by atoms with Crippen molar-refractivity contribution in [2.75, 3.05) is 56.6 Å². The molecule has 226 valence electrons. The van der Waals surface area contributed by atoms with E-state index in [2.05, 4.69) is 84.0 Å². The third kappa shape index (κ3) is 5.98. The lowest BCUT2D eigenvalue weighted by Gasteiger charge is -2.39. The van der Waals surface area contributed by atoms with Gasteiger partial charge in [-0.25, -0.2) is 4.98 Å². The fraction of sp³-hybridized carbons (Fsp3) is 0.457. The first-order valence-corrected chi connectivity index (χ1v) is 15.7. The molecule has 1 N–H and O–H groups in total. The molecule has 1 saturated carbocycles. The highest BCUT2D eigenvalue weighted by Gasteiger charge is 2.30. The van der Waals surface area contributed by atoms with Crippen molar-refractivity contribution < 1.29 is 9.59 Å². The lowest BCUT2D eigenvalue weighted by Crippen LogP contribution is -2.49. The van der Waals surface area contributed by atoms with Crippen LogP contribution in [0.4, 0.5) is 11.4 Å². The van der Waals surface area contributed by atoms with Crippen LogP contribution in [-0.4, -0.2) is 85.5 Å². The number of fused-ring (bicyclic) bond motifs is 2. The van der Waals surface area contributed by atoms with Gasteiger partial charge in [0.05, 0.1) is 12.2 Å². The maximum absolute atomic E-state index is 13.8. The second kappa shape index (κ2) is 12.4. The van der Waals surface area contributed by atoms with Gasteiger partial charge in [-0.1, -0.05) is 36.9 Å². The predicted molar refractivity (Wildman–Crippen MR) is 174 cm³/mol. The molecule has 0 radical (unpaired) electrons. The molecule has 1 aromatic heterocycles. The highest BCUT2D eigenvalue weighted by molar-refractivity contribution is 5.97. The van der Waals surface area contributed by atoms with Crippen LogP contribution in [0.1, 0.15) is 53.0 Å². The number of carbonyl (C=O) groups is 2. The van der Waals surface area contributed by atoms with Crippen LogP contribution in [0.25, 0.3) is 10.8 Å². The van der Waals surface area contributed by atoms with Gasteiger partial charge in [-0.2, -0.15) is 0 Å². The number of hydrogen-bond acceptors (Lipinski definition) is 6. The van der Waals surface area contributed by atoms with Crippen molar-refractivity contribution in [2.24, 2.45) is 0 Å². The summed E-state index contributed by atoms with van der Waals surface area (Å²) in [5.41, 5.74) is 6.24. The summed E-state index contributed by atoms with van der Waals surface area (Å²) in [6.07, 6.45) is 6.49. The average Bonchev–Trinajstić information content (AvgIpc) is 3.03. The topological polar surface area (TPSA) is 72.0 Å². The summed E-state index contributed by atoms with van der Waals surface area (Å²) in [6, 6.07) is 15.6. The zero-order valence-corrected chi connectivity index (χ0v) is 25.8. The maximum atomic E-state index is 13.8. The number of anilines is 2. The minimum absolute atomic E-state index is 0.0268. The zero-order valence-electron chi connectivity index (χ0n) is 25.8. The summed E-state index contributed by atoms with van der Waals surface area (Å²) in [7, 11) is 4.25. The number of benzene rings is 2. The van der Waals surface area contributed by atoms with E-state index >= 15 is 0 Å². The van der Waals surface area contributed by atoms with E-state index in [0.717, 1.165) is 56.7 Å². The molecule has 2 atom stereocenters. The van der Waals surface area contributed by atoms with Crippen molar-refractivity contribution in [3.63, 3.8) is 0 Å². The van der Waals surface area contributed by atoms with E-state index in [0.29, 0.717) is 31.4 Å². The Kier molecular flexibility index (Phi) is 8.39. The third-order valence-electron chi connectivity index (χ3n) is 9.64. The highest BCUT2D eigenvalue weighted by Crippen LogP contribution is 2.36. The number of nitrogens with one attached hydrogen (secondary N) is 1. The maximum Gasteiger partial charge on any atom is 0.270 e. The van der Waals surface area contributed by atoms with E-state index in [1.807, 2.05) is 11.0 Å². The fourth-order valence-electron chi connectivity index (χ4n) is 7.21. The number of nitrogens with zero attached hydrogens (tertiary/aromatic N) is 5. The average molecular weight is 581 g/mol. The summed E-state index contributed by atoms with van der Waals surface area (Å²) < 4.78 is 0.